The summed E-state index contributed by atoms with van der Waals surface area (Å²) in [4.78, 5) is 0. The minimum Gasteiger partial charge on any atom is -0.368 e. The Balaban J connectivity index is 2.01. The van der Waals surface area contributed by atoms with Gasteiger partial charge >= 0.3 is 0 Å². The molecule has 4 heteroatoms. The molecule has 0 amide bonds. The fourth-order valence-electron chi connectivity index (χ4n) is 2.31. The van der Waals surface area contributed by atoms with Gasteiger partial charge in [-0.2, -0.15) is 5.26 Å². The first-order valence-electron chi connectivity index (χ1n) is 7.83. The van der Waals surface area contributed by atoms with Crippen LogP contribution in [-0.4, -0.2) is 18.2 Å². The number of hydrogen-bond donors (Lipinski definition) is 1. The number of nitrogens with two attached hydrogens (primary N) is 1. The van der Waals surface area contributed by atoms with Gasteiger partial charge in [0.2, 0.25) is 0 Å². The van der Waals surface area contributed by atoms with Crippen molar-refractivity contribution >= 4 is 0 Å². The van der Waals surface area contributed by atoms with Crippen LogP contribution < -0.4 is 5.73 Å². The van der Waals surface area contributed by atoms with E-state index in [9.17, 15) is 5.26 Å². The first kappa shape index (κ1) is 17.9. The third-order valence-corrected chi connectivity index (χ3v) is 3.63. The Morgan fingerprint density at radius 1 is 0.958 bits per heavy atom. The second kappa shape index (κ2) is 9.64. The van der Waals surface area contributed by atoms with Crippen molar-refractivity contribution in [2.75, 3.05) is 0 Å². The molecule has 4 nitrogen and oxygen atoms in total. The van der Waals surface area contributed by atoms with E-state index < -0.39 is 18.2 Å². The topological polar surface area (TPSA) is 68.3 Å². The highest BCUT2D eigenvalue weighted by atomic mass is 16.5. The van der Waals surface area contributed by atoms with Crippen LogP contribution in [0.25, 0.3) is 0 Å². The highest BCUT2D eigenvalue weighted by Crippen LogP contribution is 2.14. The number of nitriles is 1. The summed E-state index contributed by atoms with van der Waals surface area (Å²) in [7, 11) is 0. The van der Waals surface area contributed by atoms with Gasteiger partial charge in [-0.15, -0.1) is 6.58 Å². The summed E-state index contributed by atoms with van der Waals surface area (Å²) in [6.07, 6.45) is 0.579. The maximum absolute atomic E-state index is 9.19. The molecule has 2 rings (SSSR count). The normalized spacial score (nSPS) is 14.3. The third kappa shape index (κ3) is 5.32. The Hall–Kier alpha value is -2.45. The lowest BCUT2D eigenvalue weighted by atomic mass is 10.1. The second-order valence-corrected chi connectivity index (χ2v) is 5.41. The standard InChI is InChI=1S/C20H22N2O2/c1-2-19(23-14-16-9-5-3-6-10-16)20(18(22)13-21)24-15-17-11-7-4-8-12-17/h2-12,18-20H,1,14-15,22H2/t18-,19-,20+/m1/s1. The van der Waals surface area contributed by atoms with Crippen molar-refractivity contribution in [3.8, 4) is 6.07 Å². The summed E-state index contributed by atoms with van der Waals surface area (Å²) >= 11 is 0. The van der Waals surface area contributed by atoms with Crippen molar-refractivity contribution in [3.63, 3.8) is 0 Å². The van der Waals surface area contributed by atoms with Gasteiger partial charge < -0.3 is 15.2 Å². The number of hydrogen-bond acceptors (Lipinski definition) is 4. The van der Waals surface area contributed by atoms with E-state index in [1.165, 1.54) is 0 Å². The molecule has 3 atom stereocenters. The molecule has 0 aliphatic rings. The predicted octanol–water partition coefficient (Wildman–Crippen LogP) is 3.19. The van der Waals surface area contributed by atoms with Gasteiger partial charge in [0.15, 0.2) is 0 Å². The molecule has 24 heavy (non-hydrogen) atoms. The maximum Gasteiger partial charge on any atom is 0.122 e. The number of nitrogens with zero attached hydrogens (tertiary/aromatic N) is 1. The SMILES string of the molecule is C=C[C@@H](OCc1ccccc1)[C@@H](OCc1ccccc1)[C@H](N)C#N. The van der Waals surface area contributed by atoms with Gasteiger partial charge in [0.1, 0.15) is 18.2 Å². The summed E-state index contributed by atoms with van der Waals surface area (Å²) in [6, 6.07) is 20.8. The molecule has 2 aromatic rings. The van der Waals surface area contributed by atoms with Gasteiger partial charge in [-0.1, -0.05) is 66.7 Å². The molecule has 124 valence electrons. The van der Waals surface area contributed by atoms with Gasteiger partial charge in [0.25, 0.3) is 0 Å². The van der Waals surface area contributed by atoms with Crippen LogP contribution in [0.4, 0.5) is 0 Å². The van der Waals surface area contributed by atoms with E-state index in [-0.39, 0.29) is 0 Å². The average molecular weight is 322 g/mol. The number of ether oxygens (including phenoxy) is 2. The second-order valence-electron chi connectivity index (χ2n) is 5.41. The van der Waals surface area contributed by atoms with Crippen molar-refractivity contribution in [1.82, 2.24) is 0 Å². The summed E-state index contributed by atoms with van der Waals surface area (Å²) in [5, 5.41) is 9.19. The quantitative estimate of drug-likeness (QED) is 0.720. The minimum absolute atomic E-state index is 0.361. The molecule has 0 bridgehead atoms. The molecule has 0 radical (unpaired) electrons. The van der Waals surface area contributed by atoms with Crippen molar-refractivity contribution in [3.05, 3.63) is 84.4 Å². The van der Waals surface area contributed by atoms with Crippen LogP contribution in [0.15, 0.2) is 73.3 Å². The number of rotatable bonds is 9. The first-order valence-corrected chi connectivity index (χ1v) is 7.83. The molecule has 0 saturated heterocycles. The first-order chi connectivity index (χ1) is 11.7. The summed E-state index contributed by atoms with van der Waals surface area (Å²) in [6.45, 7) is 4.56. The van der Waals surface area contributed by atoms with Crippen LogP contribution in [0, 0.1) is 11.3 Å². The van der Waals surface area contributed by atoms with Gasteiger partial charge in [0, 0.05) is 0 Å². The lowest BCUT2D eigenvalue weighted by molar-refractivity contribution is -0.0681. The molecule has 0 heterocycles. The van der Waals surface area contributed by atoms with Gasteiger partial charge in [0.05, 0.1) is 19.3 Å². The smallest absolute Gasteiger partial charge is 0.122 e. The van der Waals surface area contributed by atoms with E-state index in [0.717, 1.165) is 11.1 Å². The van der Waals surface area contributed by atoms with Crippen molar-refractivity contribution in [1.29, 1.82) is 5.26 Å². The molecule has 0 aliphatic heterocycles. The monoisotopic (exact) mass is 322 g/mol. The Morgan fingerprint density at radius 3 is 1.92 bits per heavy atom. The predicted molar refractivity (Wildman–Crippen MR) is 93.8 cm³/mol. The molecule has 2 aromatic carbocycles. The Kier molecular flexibility index (Phi) is 7.19. The highest BCUT2D eigenvalue weighted by molar-refractivity contribution is 5.15. The van der Waals surface area contributed by atoms with Gasteiger partial charge in [-0.25, -0.2) is 0 Å². The Labute approximate surface area is 143 Å². The van der Waals surface area contributed by atoms with Crippen molar-refractivity contribution in [2.45, 2.75) is 31.5 Å². The molecule has 0 fully saturated rings. The fraction of sp³-hybridized carbons (Fsp3) is 0.250. The molecular weight excluding hydrogens is 300 g/mol. The molecule has 2 N–H and O–H groups in total. The zero-order valence-corrected chi connectivity index (χ0v) is 13.5. The van der Waals surface area contributed by atoms with E-state index in [4.69, 9.17) is 15.2 Å². The lowest BCUT2D eigenvalue weighted by Crippen LogP contribution is -2.44. The molecule has 0 spiro atoms. The van der Waals surface area contributed by atoms with E-state index in [0.29, 0.717) is 13.2 Å². The van der Waals surface area contributed by atoms with Crippen LogP contribution in [0.2, 0.25) is 0 Å². The fourth-order valence-corrected chi connectivity index (χ4v) is 2.31. The van der Waals surface area contributed by atoms with Crippen LogP contribution in [0.3, 0.4) is 0 Å². The largest absolute Gasteiger partial charge is 0.368 e. The maximum atomic E-state index is 9.19. The summed E-state index contributed by atoms with van der Waals surface area (Å²) < 4.78 is 11.8. The van der Waals surface area contributed by atoms with E-state index >= 15 is 0 Å². The zero-order valence-electron chi connectivity index (χ0n) is 13.5. The molecule has 0 aromatic heterocycles. The summed E-state index contributed by atoms with van der Waals surface area (Å²) in [5.74, 6) is 0. The number of benzene rings is 2. The van der Waals surface area contributed by atoms with Gasteiger partial charge in [-0.05, 0) is 11.1 Å². The lowest BCUT2D eigenvalue weighted by Gasteiger charge is -2.27. The molecule has 0 unspecified atom stereocenters. The molecular formula is C20H22N2O2. The van der Waals surface area contributed by atoms with E-state index in [1.54, 1.807) is 6.08 Å². The molecule has 0 saturated carbocycles. The van der Waals surface area contributed by atoms with Crippen LogP contribution in [0.5, 0.6) is 0 Å². The van der Waals surface area contributed by atoms with Crippen molar-refractivity contribution in [2.24, 2.45) is 5.73 Å². The zero-order chi connectivity index (χ0) is 17.2. The van der Waals surface area contributed by atoms with Crippen LogP contribution in [0.1, 0.15) is 11.1 Å². The van der Waals surface area contributed by atoms with Crippen molar-refractivity contribution < 1.29 is 9.47 Å². The minimum atomic E-state index is -0.799. The Morgan fingerprint density at radius 2 is 1.46 bits per heavy atom. The summed E-state index contributed by atoms with van der Waals surface area (Å²) in [5.41, 5.74) is 7.96. The molecule has 0 aliphatic carbocycles. The van der Waals surface area contributed by atoms with Crippen LogP contribution >= 0.6 is 0 Å². The average Bonchev–Trinajstić information content (AvgIpc) is 2.65. The highest BCUT2D eigenvalue weighted by Gasteiger charge is 2.27. The van der Waals surface area contributed by atoms with E-state index in [1.807, 2.05) is 66.7 Å². The van der Waals surface area contributed by atoms with E-state index in [2.05, 4.69) is 6.58 Å². The third-order valence-electron chi connectivity index (χ3n) is 3.63. The van der Waals surface area contributed by atoms with Crippen LogP contribution in [-0.2, 0) is 22.7 Å². The Bertz CT molecular complexity index is 652. The van der Waals surface area contributed by atoms with Gasteiger partial charge in [-0.3, -0.25) is 0 Å².